The Kier molecular flexibility index (Phi) is 7.84. The lowest BCUT2D eigenvalue weighted by Crippen LogP contribution is -2.27. The largest absolute Gasteiger partial charge is 0.489 e. The Hall–Kier alpha value is -3.12. The summed E-state index contributed by atoms with van der Waals surface area (Å²) >= 11 is 0. The highest BCUT2D eigenvalue weighted by Gasteiger charge is 2.16. The summed E-state index contributed by atoms with van der Waals surface area (Å²) in [6.45, 7) is 2.87. The van der Waals surface area contributed by atoms with Crippen LogP contribution >= 0.6 is 0 Å². The van der Waals surface area contributed by atoms with E-state index in [9.17, 15) is 13.2 Å². The van der Waals surface area contributed by atoms with Crippen LogP contribution in [0, 0.1) is 6.92 Å². The zero-order valence-corrected chi connectivity index (χ0v) is 18.4. The fraction of sp³-hybridized carbons (Fsp3) is 0.240. The van der Waals surface area contributed by atoms with E-state index in [1.54, 1.807) is 24.3 Å². The van der Waals surface area contributed by atoms with Crippen molar-refractivity contribution in [2.45, 2.75) is 31.3 Å². The van der Waals surface area contributed by atoms with Crippen LogP contribution in [0.3, 0.4) is 0 Å². The number of carbonyl (C=O) groups is 1. The van der Waals surface area contributed by atoms with Crippen LogP contribution in [0.1, 0.15) is 23.1 Å². The maximum atomic E-state index is 12.3. The second-order valence-corrected chi connectivity index (χ2v) is 9.51. The van der Waals surface area contributed by atoms with Gasteiger partial charge in [0.1, 0.15) is 12.4 Å². The molecule has 0 saturated heterocycles. The maximum Gasteiger partial charge on any atom is 0.221 e. The molecule has 0 fully saturated rings. The first-order valence-corrected chi connectivity index (χ1v) is 11.9. The Morgan fingerprint density at radius 1 is 0.871 bits per heavy atom. The van der Waals surface area contributed by atoms with Gasteiger partial charge < -0.3 is 10.1 Å². The molecule has 3 aromatic carbocycles. The van der Waals surface area contributed by atoms with Crippen molar-refractivity contribution in [3.8, 4) is 5.75 Å². The monoisotopic (exact) mass is 437 g/mol. The predicted octanol–water partition coefficient (Wildman–Crippen LogP) is 4.10. The summed E-state index contributed by atoms with van der Waals surface area (Å²) in [5, 5.41) is 2.79. The number of nitrogens with one attached hydrogen (secondary N) is 1. The molecular formula is C25H27NO4S. The van der Waals surface area contributed by atoms with Crippen molar-refractivity contribution in [1.82, 2.24) is 5.32 Å². The highest BCUT2D eigenvalue weighted by molar-refractivity contribution is 7.91. The molecule has 31 heavy (non-hydrogen) atoms. The van der Waals surface area contributed by atoms with Gasteiger partial charge in [-0.1, -0.05) is 60.2 Å². The number of ether oxygens (including phenoxy) is 1. The van der Waals surface area contributed by atoms with Crippen LogP contribution in [-0.4, -0.2) is 26.6 Å². The van der Waals surface area contributed by atoms with Gasteiger partial charge in [-0.25, -0.2) is 8.42 Å². The lowest BCUT2D eigenvalue weighted by molar-refractivity contribution is -0.120. The van der Waals surface area contributed by atoms with E-state index < -0.39 is 9.84 Å². The molecule has 1 amide bonds. The fourth-order valence-corrected chi connectivity index (χ4v) is 4.26. The molecule has 0 aromatic heterocycles. The van der Waals surface area contributed by atoms with E-state index in [0.29, 0.717) is 19.6 Å². The second-order valence-electron chi connectivity index (χ2n) is 7.40. The Labute approximate surface area is 184 Å². The molecule has 3 rings (SSSR count). The quantitative estimate of drug-likeness (QED) is 0.518. The fourth-order valence-electron chi connectivity index (χ4n) is 3.02. The van der Waals surface area contributed by atoms with Gasteiger partial charge in [-0.3, -0.25) is 4.79 Å². The van der Waals surface area contributed by atoms with Gasteiger partial charge in [0.25, 0.3) is 0 Å². The predicted molar refractivity (Wildman–Crippen MR) is 122 cm³/mol. The van der Waals surface area contributed by atoms with Crippen LogP contribution in [0.25, 0.3) is 0 Å². The van der Waals surface area contributed by atoms with Crippen LogP contribution in [0.5, 0.6) is 5.75 Å². The third-order valence-corrected chi connectivity index (χ3v) is 6.62. The van der Waals surface area contributed by atoms with Gasteiger partial charge in [0.15, 0.2) is 9.84 Å². The Balaban J connectivity index is 1.38. The number of sulfone groups is 1. The summed E-state index contributed by atoms with van der Waals surface area (Å²) in [4.78, 5) is 12.3. The average Bonchev–Trinajstić information content (AvgIpc) is 2.78. The van der Waals surface area contributed by atoms with Gasteiger partial charge in [0.05, 0.1) is 10.6 Å². The number of benzene rings is 3. The number of aryl methyl sites for hydroxylation is 1. The molecule has 0 bridgehead atoms. The zero-order valence-electron chi connectivity index (χ0n) is 17.6. The first-order valence-electron chi connectivity index (χ1n) is 10.2. The van der Waals surface area contributed by atoms with Crippen molar-refractivity contribution in [2.75, 3.05) is 12.3 Å². The summed E-state index contributed by atoms with van der Waals surface area (Å²) in [7, 11) is -3.45. The van der Waals surface area contributed by atoms with E-state index in [-0.39, 0.29) is 23.0 Å². The molecule has 0 radical (unpaired) electrons. The molecule has 1 N–H and O–H groups in total. The van der Waals surface area contributed by atoms with E-state index in [1.165, 1.54) is 0 Å². The van der Waals surface area contributed by atoms with Crippen LogP contribution in [-0.2, 0) is 27.7 Å². The zero-order chi connectivity index (χ0) is 22.1. The Morgan fingerprint density at radius 3 is 2.23 bits per heavy atom. The summed E-state index contributed by atoms with van der Waals surface area (Å²) in [6, 6.07) is 24.4. The first kappa shape index (κ1) is 22.6. The normalized spacial score (nSPS) is 11.1. The molecule has 0 unspecified atom stereocenters. The van der Waals surface area contributed by atoms with Crippen molar-refractivity contribution < 1.29 is 17.9 Å². The topological polar surface area (TPSA) is 72.5 Å². The smallest absolute Gasteiger partial charge is 0.221 e. The molecule has 0 aliphatic carbocycles. The molecule has 0 saturated carbocycles. The summed E-state index contributed by atoms with van der Waals surface area (Å²) < 4.78 is 30.4. The van der Waals surface area contributed by atoms with Gasteiger partial charge in [-0.05, 0) is 48.7 Å². The third kappa shape index (κ3) is 7.26. The lowest BCUT2D eigenvalue weighted by atomic mass is 10.1. The van der Waals surface area contributed by atoms with Gasteiger partial charge >= 0.3 is 0 Å². The Bertz CT molecular complexity index is 1080. The number of amides is 1. The molecule has 162 valence electrons. The van der Waals surface area contributed by atoms with E-state index in [1.807, 2.05) is 61.5 Å². The van der Waals surface area contributed by atoms with Crippen LogP contribution < -0.4 is 10.1 Å². The van der Waals surface area contributed by atoms with E-state index in [2.05, 4.69) is 5.32 Å². The van der Waals surface area contributed by atoms with Crippen molar-refractivity contribution >= 4 is 15.7 Å². The van der Waals surface area contributed by atoms with Crippen LogP contribution in [0.15, 0.2) is 83.8 Å². The summed E-state index contributed by atoms with van der Waals surface area (Å²) in [6.07, 6.45) is 0.609. The average molecular weight is 438 g/mol. The minimum absolute atomic E-state index is 0.0531. The van der Waals surface area contributed by atoms with Gasteiger partial charge in [-0.2, -0.15) is 0 Å². The van der Waals surface area contributed by atoms with Gasteiger partial charge in [-0.15, -0.1) is 0 Å². The van der Waals surface area contributed by atoms with Crippen molar-refractivity contribution in [3.63, 3.8) is 0 Å². The molecule has 0 aliphatic heterocycles. The van der Waals surface area contributed by atoms with Gasteiger partial charge in [0, 0.05) is 13.0 Å². The number of hydrogen-bond donors (Lipinski definition) is 1. The minimum atomic E-state index is -3.45. The molecule has 0 aliphatic rings. The van der Waals surface area contributed by atoms with Crippen molar-refractivity contribution in [3.05, 3.63) is 95.6 Å². The SMILES string of the molecule is Cc1ccc(S(=O)(=O)CCC(=O)NCCc2ccc(OCc3ccccc3)cc2)cc1. The molecule has 0 spiro atoms. The number of carbonyl (C=O) groups excluding carboxylic acids is 1. The molecule has 5 nitrogen and oxygen atoms in total. The highest BCUT2D eigenvalue weighted by atomic mass is 32.2. The van der Waals surface area contributed by atoms with E-state index in [0.717, 1.165) is 22.4 Å². The van der Waals surface area contributed by atoms with Crippen LogP contribution in [0.4, 0.5) is 0 Å². The molecule has 0 atom stereocenters. The van der Waals surface area contributed by atoms with Gasteiger partial charge in [0.2, 0.25) is 5.91 Å². The van der Waals surface area contributed by atoms with E-state index in [4.69, 9.17) is 4.74 Å². The molecule has 0 heterocycles. The third-order valence-electron chi connectivity index (χ3n) is 4.89. The molecule has 6 heteroatoms. The Morgan fingerprint density at radius 2 is 1.55 bits per heavy atom. The summed E-state index contributed by atoms with van der Waals surface area (Å²) in [5.41, 5.74) is 3.17. The standard InChI is InChI=1S/C25H27NO4S/c1-20-7-13-24(14-8-20)31(28,29)18-16-25(27)26-17-15-21-9-11-23(12-10-21)30-19-22-5-3-2-4-6-22/h2-14H,15-19H2,1H3,(H,26,27). The second kappa shape index (κ2) is 10.8. The molecular weight excluding hydrogens is 410 g/mol. The van der Waals surface area contributed by atoms with Crippen molar-refractivity contribution in [1.29, 1.82) is 0 Å². The lowest BCUT2D eigenvalue weighted by Gasteiger charge is -2.09. The van der Waals surface area contributed by atoms with E-state index >= 15 is 0 Å². The van der Waals surface area contributed by atoms with Crippen molar-refractivity contribution in [2.24, 2.45) is 0 Å². The number of hydrogen-bond acceptors (Lipinski definition) is 4. The number of rotatable bonds is 10. The first-order chi connectivity index (χ1) is 14.9. The van der Waals surface area contributed by atoms with Crippen LogP contribution in [0.2, 0.25) is 0 Å². The maximum absolute atomic E-state index is 12.3. The molecule has 3 aromatic rings. The minimum Gasteiger partial charge on any atom is -0.489 e. The highest BCUT2D eigenvalue weighted by Crippen LogP contribution is 2.15. The summed E-state index contributed by atoms with van der Waals surface area (Å²) in [5.74, 6) is 0.325.